The van der Waals surface area contributed by atoms with Crippen LogP contribution in [0.3, 0.4) is 0 Å². The van der Waals surface area contributed by atoms with Crippen LogP contribution in [0.5, 0.6) is 11.5 Å². The van der Waals surface area contributed by atoms with Crippen molar-refractivity contribution in [1.82, 2.24) is 14.8 Å². The summed E-state index contributed by atoms with van der Waals surface area (Å²) < 4.78 is 10.7. The third-order valence-electron chi connectivity index (χ3n) is 5.32. The summed E-state index contributed by atoms with van der Waals surface area (Å²) in [6.45, 7) is 3.71. The van der Waals surface area contributed by atoms with Crippen molar-refractivity contribution in [2.45, 2.75) is 13.3 Å². The van der Waals surface area contributed by atoms with Gasteiger partial charge in [-0.05, 0) is 43.3 Å². The number of para-hydroxylation sites is 1. The van der Waals surface area contributed by atoms with Gasteiger partial charge in [-0.15, -0.1) is 11.3 Å². The zero-order valence-electron chi connectivity index (χ0n) is 19.8. The molecular weight excluding hydrogens is 482 g/mol. The maximum absolute atomic E-state index is 12.5. The van der Waals surface area contributed by atoms with E-state index >= 15 is 0 Å². The van der Waals surface area contributed by atoms with Crippen molar-refractivity contribution in [3.8, 4) is 11.5 Å². The Hall–Kier alpha value is -4.12. The Bertz CT molecular complexity index is 1180. The first-order valence-corrected chi connectivity index (χ1v) is 12.4. The van der Waals surface area contributed by atoms with Crippen molar-refractivity contribution in [1.29, 1.82) is 0 Å². The molecule has 0 radical (unpaired) electrons. The lowest BCUT2D eigenvalue weighted by molar-refractivity contribution is -0.115. The molecule has 0 spiro atoms. The predicted octanol–water partition coefficient (Wildman–Crippen LogP) is 4.42. The maximum Gasteiger partial charge on any atom is 0.409 e. The van der Waals surface area contributed by atoms with Crippen LogP contribution in [0.15, 0.2) is 60.0 Å². The molecule has 10 nitrogen and oxygen atoms in total. The number of nitrogens with one attached hydrogen (secondary N) is 2. The SMILES string of the molecule is CCOC(=O)N1CCN(C(=O)Nc2nc(CC(=O)Nc3ccc(Oc4ccccc4)cc3)cs2)CC1. The zero-order chi connectivity index (χ0) is 25.3. The van der Waals surface area contributed by atoms with Gasteiger partial charge in [0.1, 0.15) is 11.5 Å². The second kappa shape index (κ2) is 12.0. The van der Waals surface area contributed by atoms with E-state index < -0.39 is 0 Å². The van der Waals surface area contributed by atoms with E-state index in [-0.39, 0.29) is 24.5 Å². The van der Waals surface area contributed by atoms with Crippen LogP contribution in [0, 0.1) is 0 Å². The normalized spacial score (nSPS) is 13.1. The number of ether oxygens (including phenoxy) is 2. The number of amides is 4. The molecule has 0 unspecified atom stereocenters. The number of thiazole rings is 1. The highest BCUT2D eigenvalue weighted by atomic mass is 32.1. The van der Waals surface area contributed by atoms with Gasteiger partial charge in [-0.3, -0.25) is 10.1 Å². The van der Waals surface area contributed by atoms with Crippen molar-refractivity contribution in [3.63, 3.8) is 0 Å². The van der Waals surface area contributed by atoms with Crippen LogP contribution in [0.25, 0.3) is 0 Å². The number of nitrogens with zero attached hydrogens (tertiary/aromatic N) is 3. The van der Waals surface area contributed by atoms with E-state index in [0.29, 0.717) is 55.0 Å². The molecule has 4 amide bonds. The first-order chi connectivity index (χ1) is 17.5. The minimum Gasteiger partial charge on any atom is -0.457 e. The number of piperazine rings is 1. The predicted molar refractivity (Wildman–Crippen MR) is 137 cm³/mol. The lowest BCUT2D eigenvalue weighted by atomic mass is 10.2. The summed E-state index contributed by atoms with van der Waals surface area (Å²) in [5.41, 5.74) is 1.20. The number of anilines is 2. The van der Waals surface area contributed by atoms with Gasteiger partial charge in [-0.25, -0.2) is 14.6 Å². The Labute approximate surface area is 212 Å². The van der Waals surface area contributed by atoms with Crippen molar-refractivity contribution < 1.29 is 23.9 Å². The summed E-state index contributed by atoms with van der Waals surface area (Å²) >= 11 is 1.25. The van der Waals surface area contributed by atoms with Crippen molar-refractivity contribution in [3.05, 3.63) is 65.7 Å². The zero-order valence-corrected chi connectivity index (χ0v) is 20.6. The first-order valence-electron chi connectivity index (χ1n) is 11.5. The van der Waals surface area contributed by atoms with E-state index in [9.17, 15) is 14.4 Å². The van der Waals surface area contributed by atoms with Gasteiger partial charge in [-0.1, -0.05) is 18.2 Å². The van der Waals surface area contributed by atoms with Gasteiger partial charge < -0.3 is 24.6 Å². The number of hydrogen-bond donors (Lipinski definition) is 2. The lowest BCUT2D eigenvalue weighted by Crippen LogP contribution is -2.51. The Morgan fingerprint density at radius 3 is 2.28 bits per heavy atom. The molecule has 1 fully saturated rings. The Morgan fingerprint density at radius 2 is 1.58 bits per heavy atom. The van der Waals surface area contributed by atoms with Crippen molar-refractivity contribution in [2.24, 2.45) is 0 Å². The average molecular weight is 510 g/mol. The van der Waals surface area contributed by atoms with Gasteiger partial charge in [0, 0.05) is 37.2 Å². The van der Waals surface area contributed by atoms with E-state index in [1.165, 1.54) is 11.3 Å². The summed E-state index contributed by atoms with van der Waals surface area (Å²) in [5, 5.41) is 7.76. The second-order valence-corrected chi connectivity index (χ2v) is 8.77. The molecule has 1 aromatic heterocycles. The second-order valence-electron chi connectivity index (χ2n) is 7.91. The van der Waals surface area contributed by atoms with Gasteiger partial charge >= 0.3 is 12.1 Å². The number of urea groups is 1. The molecule has 0 aliphatic carbocycles. The fourth-order valence-electron chi connectivity index (χ4n) is 3.52. The Balaban J connectivity index is 1.22. The smallest absolute Gasteiger partial charge is 0.409 e. The van der Waals surface area contributed by atoms with Crippen LogP contribution in [-0.2, 0) is 16.0 Å². The molecule has 188 valence electrons. The molecule has 0 bridgehead atoms. The van der Waals surface area contributed by atoms with Gasteiger partial charge in [0.2, 0.25) is 5.91 Å². The molecule has 0 atom stereocenters. The van der Waals surface area contributed by atoms with Gasteiger partial charge in [0.15, 0.2) is 5.13 Å². The van der Waals surface area contributed by atoms with Gasteiger partial charge in [0.05, 0.1) is 18.7 Å². The molecule has 2 aromatic carbocycles. The maximum atomic E-state index is 12.5. The number of carbonyl (C=O) groups excluding carboxylic acids is 3. The molecule has 2 N–H and O–H groups in total. The van der Waals surface area contributed by atoms with Crippen LogP contribution in [0.2, 0.25) is 0 Å². The molecule has 11 heteroatoms. The fraction of sp³-hybridized carbons (Fsp3) is 0.280. The Morgan fingerprint density at radius 1 is 0.917 bits per heavy atom. The fourth-order valence-corrected chi connectivity index (χ4v) is 4.22. The molecule has 1 saturated heterocycles. The summed E-state index contributed by atoms with van der Waals surface area (Å²) in [5.74, 6) is 1.19. The highest BCUT2D eigenvalue weighted by molar-refractivity contribution is 7.13. The standard InChI is InChI=1S/C25H27N5O5S/c1-2-34-25(33)30-14-12-29(13-15-30)24(32)28-23-27-19(17-36-23)16-22(31)26-18-8-10-21(11-9-18)35-20-6-4-3-5-7-20/h3-11,17H,2,12-16H2,1H3,(H,26,31)(H,27,28,32). The minimum absolute atomic E-state index is 0.0762. The highest BCUT2D eigenvalue weighted by Gasteiger charge is 2.25. The number of rotatable bonds is 7. The molecule has 1 aliphatic rings. The average Bonchev–Trinajstić information content (AvgIpc) is 3.32. The largest absolute Gasteiger partial charge is 0.457 e. The van der Waals surface area contributed by atoms with Crippen molar-refractivity contribution >= 4 is 40.2 Å². The van der Waals surface area contributed by atoms with E-state index in [1.807, 2.05) is 30.3 Å². The summed E-state index contributed by atoms with van der Waals surface area (Å²) in [6, 6.07) is 16.3. The number of carbonyl (C=O) groups is 3. The molecule has 0 saturated carbocycles. The van der Waals surface area contributed by atoms with Crippen LogP contribution < -0.4 is 15.4 Å². The lowest BCUT2D eigenvalue weighted by Gasteiger charge is -2.33. The molecule has 3 aromatic rings. The third kappa shape index (κ3) is 6.95. The van der Waals surface area contributed by atoms with E-state index in [2.05, 4.69) is 15.6 Å². The summed E-state index contributed by atoms with van der Waals surface area (Å²) in [7, 11) is 0. The monoisotopic (exact) mass is 509 g/mol. The van der Waals surface area contributed by atoms with Crippen LogP contribution >= 0.6 is 11.3 Å². The molecule has 36 heavy (non-hydrogen) atoms. The number of benzene rings is 2. The molecule has 4 rings (SSSR count). The first kappa shape index (κ1) is 25.0. The minimum atomic E-state index is -0.364. The van der Waals surface area contributed by atoms with Gasteiger partial charge in [0.25, 0.3) is 0 Å². The van der Waals surface area contributed by atoms with Crippen LogP contribution in [0.4, 0.5) is 20.4 Å². The van der Waals surface area contributed by atoms with E-state index in [1.54, 1.807) is 46.4 Å². The summed E-state index contributed by atoms with van der Waals surface area (Å²) in [4.78, 5) is 44.3. The topological polar surface area (TPSA) is 113 Å². The van der Waals surface area contributed by atoms with Gasteiger partial charge in [-0.2, -0.15) is 0 Å². The molecule has 2 heterocycles. The summed E-state index contributed by atoms with van der Waals surface area (Å²) in [6.07, 6.45) is -0.288. The highest BCUT2D eigenvalue weighted by Crippen LogP contribution is 2.23. The quantitative estimate of drug-likeness (QED) is 0.487. The van der Waals surface area contributed by atoms with Crippen molar-refractivity contribution in [2.75, 3.05) is 43.4 Å². The van der Waals surface area contributed by atoms with E-state index in [4.69, 9.17) is 9.47 Å². The molecule has 1 aliphatic heterocycles. The van der Waals surface area contributed by atoms with E-state index in [0.717, 1.165) is 5.75 Å². The van der Waals surface area contributed by atoms with Crippen LogP contribution in [-0.4, -0.2) is 65.6 Å². The number of hydrogen-bond acceptors (Lipinski definition) is 7. The molecular formula is C25H27N5O5S. The number of aromatic nitrogens is 1. The Kier molecular flexibility index (Phi) is 8.35. The third-order valence-corrected chi connectivity index (χ3v) is 6.12. The van der Waals surface area contributed by atoms with Crippen LogP contribution in [0.1, 0.15) is 12.6 Å².